The van der Waals surface area contributed by atoms with Crippen molar-refractivity contribution in [3.05, 3.63) is 24.3 Å². The maximum absolute atomic E-state index is 11.7. The highest BCUT2D eigenvalue weighted by Gasteiger charge is 2.21. The Morgan fingerprint density at radius 1 is 1.16 bits per heavy atom. The van der Waals surface area contributed by atoms with Crippen molar-refractivity contribution >= 4 is 11.6 Å². The Bertz CT molecular complexity index is 426. The number of ether oxygens (including phenoxy) is 1. The molecule has 0 atom stereocenters. The molecule has 1 saturated heterocycles. The lowest BCUT2D eigenvalue weighted by Crippen LogP contribution is -2.48. The summed E-state index contributed by atoms with van der Waals surface area (Å²) in [6.07, 6.45) is 0.593. The van der Waals surface area contributed by atoms with Crippen LogP contribution in [0, 0.1) is 0 Å². The second kappa shape index (κ2) is 6.45. The topological polar surface area (TPSA) is 32.8 Å². The summed E-state index contributed by atoms with van der Waals surface area (Å²) in [6.45, 7) is 7.92. The van der Waals surface area contributed by atoms with E-state index < -0.39 is 0 Å². The number of hydrogen-bond donors (Lipinski definition) is 0. The van der Waals surface area contributed by atoms with Crippen LogP contribution < -0.4 is 9.64 Å². The second-order valence-corrected chi connectivity index (χ2v) is 4.62. The van der Waals surface area contributed by atoms with Gasteiger partial charge in [-0.25, -0.2) is 0 Å². The zero-order valence-corrected chi connectivity index (χ0v) is 11.8. The van der Waals surface area contributed by atoms with Crippen molar-refractivity contribution in [1.29, 1.82) is 0 Å². The first-order chi connectivity index (χ1) is 9.26. The number of benzene rings is 1. The minimum Gasteiger partial charge on any atom is -0.492 e. The van der Waals surface area contributed by atoms with Crippen molar-refractivity contribution in [2.45, 2.75) is 20.3 Å². The van der Waals surface area contributed by atoms with Gasteiger partial charge >= 0.3 is 0 Å². The van der Waals surface area contributed by atoms with E-state index in [1.807, 2.05) is 36.9 Å². The molecular formula is C15H22N2O2. The molecule has 1 aromatic carbocycles. The van der Waals surface area contributed by atoms with E-state index in [-0.39, 0.29) is 5.91 Å². The highest BCUT2D eigenvalue weighted by Crippen LogP contribution is 2.28. The molecule has 0 N–H and O–H groups in total. The first-order valence-electron chi connectivity index (χ1n) is 7.00. The molecule has 0 saturated carbocycles. The minimum absolute atomic E-state index is 0.248. The summed E-state index contributed by atoms with van der Waals surface area (Å²) in [5, 5.41) is 0. The molecule has 1 aliphatic heterocycles. The number of anilines is 1. The molecular weight excluding hydrogens is 240 g/mol. The van der Waals surface area contributed by atoms with Crippen LogP contribution in [-0.2, 0) is 4.79 Å². The Kier molecular flexibility index (Phi) is 4.66. The number of carbonyl (C=O) groups is 1. The Morgan fingerprint density at radius 2 is 1.84 bits per heavy atom. The van der Waals surface area contributed by atoms with Gasteiger partial charge in [-0.15, -0.1) is 0 Å². The third kappa shape index (κ3) is 3.19. The standard InChI is InChI=1S/C15H22N2O2/c1-3-15(18)17-11-9-16(10-12-17)13-7-5-6-8-14(13)19-4-2/h5-8H,3-4,9-12H2,1-2H3. The zero-order chi connectivity index (χ0) is 13.7. The summed E-state index contributed by atoms with van der Waals surface area (Å²) in [6, 6.07) is 8.11. The maximum Gasteiger partial charge on any atom is 0.222 e. The van der Waals surface area contributed by atoms with E-state index in [4.69, 9.17) is 4.74 Å². The largest absolute Gasteiger partial charge is 0.492 e. The van der Waals surface area contributed by atoms with E-state index in [0.29, 0.717) is 13.0 Å². The summed E-state index contributed by atoms with van der Waals surface area (Å²) < 4.78 is 5.66. The number of carbonyl (C=O) groups excluding carboxylic acids is 1. The van der Waals surface area contributed by atoms with E-state index in [9.17, 15) is 4.79 Å². The van der Waals surface area contributed by atoms with E-state index >= 15 is 0 Å². The van der Waals surface area contributed by atoms with Crippen LogP contribution in [0.1, 0.15) is 20.3 Å². The molecule has 0 spiro atoms. The fraction of sp³-hybridized carbons (Fsp3) is 0.533. The predicted molar refractivity (Wildman–Crippen MR) is 76.7 cm³/mol. The number of rotatable bonds is 4. The predicted octanol–water partition coefficient (Wildman–Crippen LogP) is 2.14. The van der Waals surface area contributed by atoms with E-state index in [0.717, 1.165) is 37.6 Å². The molecule has 1 fully saturated rings. The van der Waals surface area contributed by atoms with E-state index in [2.05, 4.69) is 11.0 Å². The molecule has 1 amide bonds. The summed E-state index contributed by atoms with van der Waals surface area (Å²) in [4.78, 5) is 15.9. The maximum atomic E-state index is 11.7. The van der Waals surface area contributed by atoms with Crippen molar-refractivity contribution in [3.8, 4) is 5.75 Å². The lowest BCUT2D eigenvalue weighted by atomic mass is 10.2. The SMILES string of the molecule is CCOc1ccccc1N1CCN(C(=O)CC)CC1. The number of piperazine rings is 1. The Balaban J connectivity index is 2.03. The average molecular weight is 262 g/mol. The number of nitrogens with zero attached hydrogens (tertiary/aromatic N) is 2. The number of amides is 1. The molecule has 104 valence electrons. The molecule has 0 radical (unpaired) electrons. The van der Waals surface area contributed by atoms with Crippen LogP contribution in [0.2, 0.25) is 0 Å². The van der Waals surface area contributed by atoms with Crippen LogP contribution in [0.25, 0.3) is 0 Å². The van der Waals surface area contributed by atoms with E-state index in [1.54, 1.807) is 0 Å². The normalized spacial score (nSPS) is 15.5. The molecule has 4 nitrogen and oxygen atoms in total. The molecule has 1 aromatic rings. The van der Waals surface area contributed by atoms with Gasteiger partial charge in [0.05, 0.1) is 12.3 Å². The highest BCUT2D eigenvalue weighted by atomic mass is 16.5. The van der Waals surface area contributed by atoms with Gasteiger partial charge in [0.15, 0.2) is 0 Å². The van der Waals surface area contributed by atoms with Gasteiger partial charge in [0, 0.05) is 32.6 Å². The molecule has 0 aliphatic carbocycles. The first kappa shape index (κ1) is 13.7. The Hall–Kier alpha value is -1.71. The Labute approximate surface area is 115 Å². The quantitative estimate of drug-likeness (QED) is 0.833. The fourth-order valence-electron chi connectivity index (χ4n) is 2.42. The molecule has 0 unspecified atom stereocenters. The van der Waals surface area contributed by atoms with Gasteiger partial charge in [0.1, 0.15) is 5.75 Å². The van der Waals surface area contributed by atoms with Gasteiger partial charge in [-0.1, -0.05) is 19.1 Å². The lowest BCUT2D eigenvalue weighted by Gasteiger charge is -2.36. The van der Waals surface area contributed by atoms with Crippen molar-refractivity contribution in [1.82, 2.24) is 4.90 Å². The number of hydrogen-bond acceptors (Lipinski definition) is 3. The van der Waals surface area contributed by atoms with Crippen molar-refractivity contribution in [2.24, 2.45) is 0 Å². The smallest absolute Gasteiger partial charge is 0.222 e. The molecule has 0 bridgehead atoms. The zero-order valence-electron chi connectivity index (χ0n) is 11.8. The number of para-hydroxylation sites is 2. The third-order valence-corrected chi connectivity index (χ3v) is 3.44. The van der Waals surface area contributed by atoms with Crippen molar-refractivity contribution in [3.63, 3.8) is 0 Å². The van der Waals surface area contributed by atoms with Gasteiger partial charge in [0.25, 0.3) is 0 Å². The van der Waals surface area contributed by atoms with Crippen LogP contribution in [0.15, 0.2) is 24.3 Å². The van der Waals surface area contributed by atoms with Crippen LogP contribution >= 0.6 is 0 Å². The van der Waals surface area contributed by atoms with Gasteiger partial charge < -0.3 is 14.5 Å². The van der Waals surface area contributed by atoms with Crippen molar-refractivity contribution < 1.29 is 9.53 Å². The van der Waals surface area contributed by atoms with Crippen LogP contribution in [0.5, 0.6) is 5.75 Å². The second-order valence-electron chi connectivity index (χ2n) is 4.62. The van der Waals surface area contributed by atoms with Gasteiger partial charge in [-0.2, -0.15) is 0 Å². The Morgan fingerprint density at radius 3 is 2.47 bits per heavy atom. The summed E-state index contributed by atoms with van der Waals surface area (Å²) in [5.41, 5.74) is 1.13. The van der Waals surface area contributed by atoms with Gasteiger partial charge in [-0.05, 0) is 19.1 Å². The molecule has 0 aromatic heterocycles. The van der Waals surface area contributed by atoms with Crippen LogP contribution in [0.4, 0.5) is 5.69 Å². The van der Waals surface area contributed by atoms with Crippen LogP contribution in [0.3, 0.4) is 0 Å². The van der Waals surface area contributed by atoms with Crippen LogP contribution in [-0.4, -0.2) is 43.6 Å². The highest BCUT2D eigenvalue weighted by molar-refractivity contribution is 5.76. The summed E-state index contributed by atoms with van der Waals surface area (Å²) >= 11 is 0. The molecule has 1 aliphatic rings. The average Bonchev–Trinajstić information content (AvgIpc) is 2.47. The van der Waals surface area contributed by atoms with Crippen molar-refractivity contribution in [2.75, 3.05) is 37.7 Å². The van der Waals surface area contributed by atoms with Gasteiger partial charge in [0.2, 0.25) is 5.91 Å². The summed E-state index contributed by atoms with van der Waals surface area (Å²) in [7, 11) is 0. The first-order valence-corrected chi connectivity index (χ1v) is 7.00. The fourth-order valence-corrected chi connectivity index (χ4v) is 2.42. The lowest BCUT2D eigenvalue weighted by molar-refractivity contribution is -0.131. The molecule has 4 heteroatoms. The minimum atomic E-state index is 0.248. The summed E-state index contributed by atoms with van der Waals surface area (Å²) in [5.74, 6) is 1.18. The monoisotopic (exact) mass is 262 g/mol. The molecule has 19 heavy (non-hydrogen) atoms. The molecule has 1 heterocycles. The molecule has 2 rings (SSSR count). The van der Waals surface area contributed by atoms with E-state index in [1.165, 1.54) is 0 Å². The van der Waals surface area contributed by atoms with Gasteiger partial charge in [-0.3, -0.25) is 4.79 Å². The third-order valence-electron chi connectivity index (χ3n) is 3.44.